The van der Waals surface area contributed by atoms with E-state index in [0.29, 0.717) is 25.3 Å². The van der Waals surface area contributed by atoms with E-state index >= 15 is 0 Å². The smallest absolute Gasteiger partial charge is 0.250 e. The summed E-state index contributed by atoms with van der Waals surface area (Å²) in [6.07, 6.45) is 2.43. The number of benzene rings is 1. The van der Waals surface area contributed by atoms with Crippen molar-refractivity contribution >= 4 is 17.5 Å². The predicted molar refractivity (Wildman–Crippen MR) is 85.7 cm³/mol. The molecule has 1 N–H and O–H groups in total. The number of nitrogens with zero attached hydrogens (tertiary/aromatic N) is 1. The van der Waals surface area contributed by atoms with Crippen molar-refractivity contribution in [3.63, 3.8) is 0 Å². The largest absolute Gasteiger partial charge is 0.494 e. The Morgan fingerprint density at radius 1 is 1.52 bits per heavy atom. The molecule has 1 aliphatic heterocycles. The first-order valence-electron chi connectivity index (χ1n) is 7.60. The molecular formula is C17H21FN2O3. The van der Waals surface area contributed by atoms with Crippen LogP contribution in [0.15, 0.2) is 30.9 Å². The maximum absolute atomic E-state index is 14.1. The lowest BCUT2D eigenvalue weighted by molar-refractivity contribution is -0.138. The van der Waals surface area contributed by atoms with Gasteiger partial charge in [-0.2, -0.15) is 0 Å². The van der Waals surface area contributed by atoms with Gasteiger partial charge in [0.15, 0.2) is 0 Å². The first-order valence-corrected chi connectivity index (χ1v) is 7.60. The minimum Gasteiger partial charge on any atom is -0.494 e. The van der Waals surface area contributed by atoms with Gasteiger partial charge in [0.05, 0.1) is 12.3 Å². The highest BCUT2D eigenvalue weighted by molar-refractivity contribution is 6.02. The lowest BCUT2D eigenvalue weighted by Gasteiger charge is -2.33. The molecule has 6 heteroatoms. The van der Waals surface area contributed by atoms with Crippen molar-refractivity contribution in [1.29, 1.82) is 0 Å². The standard InChI is InChI=1S/C17H21FN2O3/c1-4-15(21)20-10-6-9-17(20,3)16(22)19-14-8-7-12(23-5-2)11-13(14)18/h4,7-8,11H,1,5-6,9-10H2,2-3H3,(H,19,22)/t17-/m1/s1. The van der Waals surface area contributed by atoms with Gasteiger partial charge in [0, 0.05) is 12.6 Å². The van der Waals surface area contributed by atoms with Crippen LogP contribution >= 0.6 is 0 Å². The molecule has 1 aliphatic rings. The van der Waals surface area contributed by atoms with Gasteiger partial charge in [-0.05, 0) is 44.9 Å². The fourth-order valence-electron chi connectivity index (χ4n) is 2.77. The van der Waals surface area contributed by atoms with Crippen LogP contribution < -0.4 is 10.1 Å². The molecule has 1 heterocycles. The monoisotopic (exact) mass is 320 g/mol. The second kappa shape index (κ2) is 6.81. The van der Waals surface area contributed by atoms with Crippen LogP contribution in [0.3, 0.4) is 0 Å². The number of halogens is 1. The number of hydrogen-bond donors (Lipinski definition) is 1. The predicted octanol–water partition coefficient (Wildman–Crippen LogP) is 2.73. The summed E-state index contributed by atoms with van der Waals surface area (Å²) >= 11 is 0. The zero-order valence-electron chi connectivity index (χ0n) is 13.4. The Morgan fingerprint density at radius 2 is 2.26 bits per heavy atom. The van der Waals surface area contributed by atoms with E-state index < -0.39 is 17.3 Å². The van der Waals surface area contributed by atoms with Crippen molar-refractivity contribution in [2.75, 3.05) is 18.5 Å². The number of rotatable bonds is 5. The summed E-state index contributed by atoms with van der Waals surface area (Å²) in [5.74, 6) is -0.883. The zero-order chi connectivity index (χ0) is 17.0. The molecule has 0 radical (unpaired) electrons. The van der Waals surface area contributed by atoms with Crippen LogP contribution in [-0.2, 0) is 9.59 Å². The topological polar surface area (TPSA) is 58.6 Å². The first-order chi connectivity index (χ1) is 10.9. The van der Waals surface area contributed by atoms with Gasteiger partial charge in [-0.25, -0.2) is 4.39 Å². The Bertz CT molecular complexity index is 632. The average molecular weight is 320 g/mol. The minimum absolute atomic E-state index is 0.0672. The fourth-order valence-corrected chi connectivity index (χ4v) is 2.77. The second-order valence-electron chi connectivity index (χ2n) is 5.60. The van der Waals surface area contributed by atoms with Crippen molar-refractivity contribution in [2.45, 2.75) is 32.2 Å². The van der Waals surface area contributed by atoms with Crippen molar-refractivity contribution in [1.82, 2.24) is 4.90 Å². The minimum atomic E-state index is -1.00. The summed E-state index contributed by atoms with van der Waals surface area (Å²) in [6.45, 7) is 7.87. The average Bonchev–Trinajstić information content (AvgIpc) is 2.92. The van der Waals surface area contributed by atoms with Crippen LogP contribution in [0.25, 0.3) is 0 Å². The third-order valence-corrected chi connectivity index (χ3v) is 4.07. The summed E-state index contributed by atoms with van der Waals surface area (Å²) in [4.78, 5) is 26.0. The molecule has 1 atom stereocenters. The molecule has 5 nitrogen and oxygen atoms in total. The maximum Gasteiger partial charge on any atom is 0.250 e. The van der Waals surface area contributed by atoms with E-state index in [1.165, 1.54) is 23.1 Å². The molecule has 2 rings (SSSR count). The summed E-state index contributed by atoms with van der Waals surface area (Å²) in [5.41, 5.74) is -0.936. The van der Waals surface area contributed by atoms with E-state index in [9.17, 15) is 14.0 Å². The molecule has 1 aromatic rings. The van der Waals surface area contributed by atoms with Crippen LogP contribution in [0.5, 0.6) is 5.75 Å². The lowest BCUT2D eigenvalue weighted by Crippen LogP contribution is -2.52. The van der Waals surface area contributed by atoms with E-state index in [2.05, 4.69) is 11.9 Å². The normalized spacial score (nSPS) is 20.2. The Labute approximate surface area is 135 Å². The summed E-state index contributed by atoms with van der Waals surface area (Å²) in [7, 11) is 0. The van der Waals surface area contributed by atoms with Gasteiger partial charge in [-0.1, -0.05) is 6.58 Å². The Balaban J connectivity index is 2.18. The second-order valence-corrected chi connectivity index (χ2v) is 5.60. The van der Waals surface area contributed by atoms with Crippen LogP contribution in [-0.4, -0.2) is 35.4 Å². The van der Waals surface area contributed by atoms with Gasteiger partial charge < -0.3 is 15.0 Å². The number of amides is 2. The number of carbonyl (C=O) groups is 2. The van der Waals surface area contributed by atoms with Crippen molar-refractivity contribution < 1.29 is 18.7 Å². The number of ether oxygens (including phenoxy) is 1. The first kappa shape index (κ1) is 17.0. The lowest BCUT2D eigenvalue weighted by atomic mass is 9.97. The summed E-state index contributed by atoms with van der Waals surface area (Å²) in [5, 5.41) is 2.57. The van der Waals surface area contributed by atoms with E-state index in [1.54, 1.807) is 19.9 Å². The van der Waals surface area contributed by atoms with E-state index in [1.807, 2.05) is 0 Å². The molecule has 0 aliphatic carbocycles. The van der Waals surface area contributed by atoms with E-state index in [4.69, 9.17) is 4.74 Å². The highest BCUT2D eigenvalue weighted by Crippen LogP contribution is 2.31. The molecule has 1 saturated heterocycles. The van der Waals surface area contributed by atoms with Crippen LogP contribution in [0.4, 0.5) is 10.1 Å². The number of hydrogen-bond acceptors (Lipinski definition) is 3. The van der Waals surface area contributed by atoms with Crippen LogP contribution in [0.2, 0.25) is 0 Å². The van der Waals surface area contributed by atoms with Gasteiger partial charge in [0.1, 0.15) is 17.1 Å². The Morgan fingerprint density at radius 3 is 2.87 bits per heavy atom. The molecule has 23 heavy (non-hydrogen) atoms. The molecule has 0 aromatic heterocycles. The molecule has 0 unspecified atom stereocenters. The van der Waals surface area contributed by atoms with Gasteiger partial charge in [0.2, 0.25) is 11.8 Å². The fraction of sp³-hybridized carbons (Fsp3) is 0.412. The van der Waals surface area contributed by atoms with E-state index in [0.717, 1.165) is 6.42 Å². The summed E-state index contributed by atoms with van der Waals surface area (Å²) < 4.78 is 19.3. The van der Waals surface area contributed by atoms with Crippen LogP contribution in [0.1, 0.15) is 26.7 Å². The Kier molecular flexibility index (Phi) is 5.03. The number of nitrogens with one attached hydrogen (secondary N) is 1. The molecular weight excluding hydrogens is 299 g/mol. The molecule has 0 spiro atoms. The van der Waals surface area contributed by atoms with E-state index in [-0.39, 0.29) is 11.6 Å². The maximum atomic E-state index is 14.1. The van der Waals surface area contributed by atoms with Gasteiger partial charge in [0.25, 0.3) is 0 Å². The third kappa shape index (κ3) is 3.36. The molecule has 1 aromatic carbocycles. The SMILES string of the molecule is C=CC(=O)N1CCC[C@]1(C)C(=O)Nc1ccc(OCC)cc1F. The number of anilines is 1. The van der Waals surface area contributed by atoms with Crippen molar-refractivity contribution in [3.8, 4) is 5.75 Å². The molecule has 2 amide bonds. The number of carbonyl (C=O) groups excluding carboxylic acids is 2. The molecule has 0 saturated carbocycles. The van der Waals surface area contributed by atoms with Gasteiger partial charge in [-0.15, -0.1) is 0 Å². The van der Waals surface area contributed by atoms with Crippen molar-refractivity contribution in [3.05, 3.63) is 36.7 Å². The molecule has 1 fully saturated rings. The zero-order valence-corrected chi connectivity index (χ0v) is 13.4. The van der Waals surface area contributed by atoms with Crippen molar-refractivity contribution in [2.24, 2.45) is 0 Å². The Hall–Kier alpha value is -2.37. The van der Waals surface area contributed by atoms with Gasteiger partial charge >= 0.3 is 0 Å². The molecule has 0 bridgehead atoms. The molecule has 124 valence electrons. The highest BCUT2D eigenvalue weighted by atomic mass is 19.1. The quantitative estimate of drug-likeness (QED) is 0.849. The summed E-state index contributed by atoms with van der Waals surface area (Å²) in [6, 6.07) is 4.27. The highest BCUT2D eigenvalue weighted by Gasteiger charge is 2.45. The van der Waals surface area contributed by atoms with Crippen LogP contribution in [0, 0.1) is 5.82 Å². The van der Waals surface area contributed by atoms with Gasteiger partial charge in [-0.3, -0.25) is 9.59 Å². The number of likely N-dealkylation sites (tertiary alicyclic amines) is 1. The third-order valence-electron chi connectivity index (χ3n) is 4.07.